The van der Waals surface area contributed by atoms with Crippen LogP contribution in [0.15, 0.2) is 46.5 Å². The average Bonchev–Trinajstić information content (AvgIpc) is 2.33. The Morgan fingerprint density at radius 2 is 2.00 bits per heavy atom. The summed E-state index contributed by atoms with van der Waals surface area (Å²) in [6, 6.07) is 5.27. The zero-order valence-electron chi connectivity index (χ0n) is 8.86. The van der Waals surface area contributed by atoms with Crippen LogP contribution in [-0.2, 0) is 6.54 Å². The molecule has 0 saturated heterocycles. The van der Waals surface area contributed by atoms with Gasteiger partial charge in [-0.05, 0) is 23.8 Å². The van der Waals surface area contributed by atoms with E-state index in [1.54, 1.807) is 18.5 Å². The van der Waals surface area contributed by atoms with Crippen molar-refractivity contribution in [2.75, 3.05) is 0 Å². The van der Waals surface area contributed by atoms with Crippen LogP contribution >= 0.6 is 11.8 Å². The number of rotatable bonds is 3. The molecule has 2 aromatic rings. The lowest BCUT2D eigenvalue weighted by atomic mass is 10.3. The summed E-state index contributed by atoms with van der Waals surface area (Å²) in [7, 11) is 0. The zero-order valence-corrected chi connectivity index (χ0v) is 9.68. The first-order valence-corrected chi connectivity index (χ1v) is 5.78. The molecule has 0 aliphatic heterocycles. The minimum atomic E-state index is -0.586. The molecule has 0 bridgehead atoms. The Bertz CT molecular complexity index is 532. The SMILES string of the molecule is NCc1ccncc1Sc1ccc(F)cc1F. The number of nitrogens with two attached hydrogens (primary N) is 1. The molecular formula is C12H10F2N2S. The molecule has 1 heterocycles. The Balaban J connectivity index is 2.31. The highest BCUT2D eigenvalue weighted by Gasteiger charge is 2.08. The highest BCUT2D eigenvalue weighted by atomic mass is 32.2. The van der Waals surface area contributed by atoms with E-state index in [9.17, 15) is 8.78 Å². The maximum atomic E-state index is 13.5. The van der Waals surface area contributed by atoms with Gasteiger partial charge in [-0.25, -0.2) is 8.78 Å². The van der Waals surface area contributed by atoms with Gasteiger partial charge in [0, 0.05) is 34.8 Å². The molecule has 0 saturated carbocycles. The standard InChI is InChI=1S/C12H10F2N2S/c13-9-1-2-11(10(14)5-9)17-12-7-16-4-3-8(12)6-15/h1-5,7H,6,15H2. The third-order valence-electron chi connectivity index (χ3n) is 2.20. The van der Waals surface area contributed by atoms with Crippen LogP contribution in [0.5, 0.6) is 0 Å². The smallest absolute Gasteiger partial charge is 0.140 e. The number of pyridine rings is 1. The molecule has 1 aromatic heterocycles. The second-order valence-corrected chi connectivity index (χ2v) is 4.45. The van der Waals surface area contributed by atoms with Gasteiger partial charge in [-0.3, -0.25) is 4.98 Å². The molecular weight excluding hydrogens is 242 g/mol. The quantitative estimate of drug-likeness (QED) is 0.912. The van der Waals surface area contributed by atoms with E-state index in [1.807, 2.05) is 0 Å². The first-order valence-electron chi connectivity index (χ1n) is 4.96. The van der Waals surface area contributed by atoms with E-state index in [0.717, 1.165) is 16.5 Å². The van der Waals surface area contributed by atoms with Gasteiger partial charge in [0.1, 0.15) is 11.6 Å². The van der Waals surface area contributed by atoms with E-state index < -0.39 is 11.6 Å². The summed E-state index contributed by atoms with van der Waals surface area (Å²) in [6.07, 6.45) is 3.25. The van der Waals surface area contributed by atoms with Gasteiger partial charge < -0.3 is 5.73 Å². The molecule has 2 rings (SSSR count). The number of aromatic nitrogens is 1. The second-order valence-electron chi connectivity index (χ2n) is 3.36. The van der Waals surface area contributed by atoms with E-state index in [1.165, 1.54) is 23.9 Å². The Labute approximate surface area is 102 Å². The molecule has 2 nitrogen and oxygen atoms in total. The molecule has 88 valence electrons. The highest BCUT2D eigenvalue weighted by molar-refractivity contribution is 7.99. The molecule has 5 heteroatoms. The van der Waals surface area contributed by atoms with E-state index >= 15 is 0 Å². The number of nitrogens with zero attached hydrogens (tertiary/aromatic N) is 1. The zero-order chi connectivity index (χ0) is 12.3. The lowest BCUT2D eigenvalue weighted by molar-refractivity contribution is 0.565. The molecule has 17 heavy (non-hydrogen) atoms. The normalized spacial score (nSPS) is 10.5. The minimum Gasteiger partial charge on any atom is -0.326 e. The average molecular weight is 252 g/mol. The predicted octanol–water partition coefficient (Wildman–Crippen LogP) is 2.97. The van der Waals surface area contributed by atoms with Gasteiger partial charge >= 0.3 is 0 Å². The Morgan fingerprint density at radius 3 is 2.71 bits per heavy atom. The predicted molar refractivity (Wildman–Crippen MR) is 62.6 cm³/mol. The van der Waals surface area contributed by atoms with Gasteiger partial charge in [-0.15, -0.1) is 0 Å². The molecule has 0 aliphatic rings. The maximum absolute atomic E-state index is 13.5. The number of hydrogen-bond donors (Lipinski definition) is 1. The first-order chi connectivity index (χ1) is 8.20. The van der Waals surface area contributed by atoms with Gasteiger partial charge in [0.25, 0.3) is 0 Å². The van der Waals surface area contributed by atoms with E-state index in [2.05, 4.69) is 4.98 Å². The summed E-state index contributed by atoms with van der Waals surface area (Å²) in [4.78, 5) is 5.10. The maximum Gasteiger partial charge on any atom is 0.140 e. The van der Waals surface area contributed by atoms with Gasteiger partial charge in [0.2, 0.25) is 0 Å². The molecule has 0 unspecified atom stereocenters. The Kier molecular flexibility index (Phi) is 3.71. The van der Waals surface area contributed by atoms with Crippen molar-refractivity contribution in [3.8, 4) is 0 Å². The fourth-order valence-electron chi connectivity index (χ4n) is 1.35. The number of benzene rings is 1. The van der Waals surface area contributed by atoms with Gasteiger partial charge in [0.05, 0.1) is 0 Å². The van der Waals surface area contributed by atoms with Crippen LogP contribution in [0.1, 0.15) is 5.56 Å². The van der Waals surface area contributed by atoms with Crippen molar-refractivity contribution in [1.82, 2.24) is 4.98 Å². The second kappa shape index (κ2) is 5.25. The highest BCUT2D eigenvalue weighted by Crippen LogP contribution is 2.31. The molecule has 0 aliphatic carbocycles. The van der Waals surface area contributed by atoms with Gasteiger partial charge in [-0.2, -0.15) is 0 Å². The minimum absolute atomic E-state index is 0.355. The van der Waals surface area contributed by atoms with E-state index in [0.29, 0.717) is 11.4 Å². The number of hydrogen-bond acceptors (Lipinski definition) is 3. The van der Waals surface area contributed by atoms with Crippen LogP contribution in [0.2, 0.25) is 0 Å². The first kappa shape index (κ1) is 12.0. The fourth-order valence-corrected chi connectivity index (χ4v) is 2.27. The Hall–Kier alpha value is -1.46. The van der Waals surface area contributed by atoms with Crippen molar-refractivity contribution in [1.29, 1.82) is 0 Å². The van der Waals surface area contributed by atoms with Crippen molar-refractivity contribution in [3.05, 3.63) is 53.9 Å². The Morgan fingerprint density at radius 1 is 1.18 bits per heavy atom. The van der Waals surface area contributed by atoms with Crippen molar-refractivity contribution in [2.24, 2.45) is 5.73 Å². The summed E-state index contributed by atoms with van der Waals surface area (Å²) in [6.45, 7) is 0.355. The third-order valence-corrected chi connectivity index (χ3v) is 3.34. The lowest BCUT2D eigenvalue weighted by Gasteiger charge is -2.07. The van der Waals surface area contributed by atoms with E-state index in [-0.39, 0.29) is 0 Å². The molecule has 0 atom stereocenters. The monoisotopic (exact) mass is 252 g/mol. The van der Waals surface area contributed by atoms with Crippen LogP contribution < -0.4 is 5.73 Å². The van der Waals surface area contributed by atoms with Crippen LogP contribution in [0.4, 0.5) is 8.78 Å². The number of halogens is 2. The van der Waals surface area contributed by atoms with Gasteiger partial charge in [-0.1, -0.05) is 11.8 Å². The molecule has 1 aromatic carbocycles. The molecule has 0 spiro atoms. The van der Waals surface area contributed by atoms with Crippen molar-refractivity contribution < 1.29 is 8.78 Å². The largest absolute Gasteiger partial charge is 0.326 e. The fraction of sp³-hybridized carbons (Fsp3) is 0.0833. The van der Waals surface area contributed by atoms with Crippen molar-refractivity contribution in [3.63, 3.8) is 0 Å². The van der Waals surface area contributed by atoms with Crippen LogP contribution in [0.25, 0.3) is 0 Å². The summed E-state index contributed by atoms with van der Waals surface area (Å²) < 4.78 is 26.2. The van der Waals surface area contributed by atoms with Crippen LogP contribution in [-0.4, -0.2) is 4.98 Å². The molecule has 0 amide bonds. The van der Waals surface area contributed by atoms with Crippen molar-refractivity contribution >= 4 is 11.8 Å². The molecule has 0 radical (unpaired) electrons. The summed E-state index contributed by atoms with van der Waals surface area (Å²) in [5, 5.41) is 0. The summed E-state index contributed by atoms with van der Waals surface area (Å²) in [5.41, 5.74) is 6.45. The summed E-state index contributed by atoms with van der Waals surface area (Å²) >= 11 is 1.19. The van der Waals surface area contributed by atoms with E-state index in [4.69, 9.17) is 5.73 Å². The topological polar surface area (TPSA) is 38.9 Å². The summed E-state index contributed by atoms with van der Waals surface area (Å²) in [5.74, 6) is -1.17. The third kappa shape index (κ3) is 2.81. The van der Waals surface area contributed by atoms with Crippen molar-refractivity contribution in [2.45, 2.75) is 16.3 Å². The molecule has 2 N–H and O–H groups in total. The van der Waals surface area contributed by atoms with Gasteiger partial charge in [0.15, 0.2) is 0 Å². The van der Waals surface area contributed by atoms with Crippen LogP contribution in [0, 0.1) is 11.6 Å². The van der Waals surface area contributed by atoms with Crippen LogP contribution in [0.3, 0.4) is 0 Å². The lowest BCUT2D eigenvalue weighted by Crippen LogP contribution is -1.98. The molecule has 0 fully saturated rings.